The van der Waals surface area contributed by atoms with E-state index in [9.17, 15) is 4.79 Å². The Morgan fingerprint density at radius 3 is 1.77 bits per heavy atom. The van der Waals surface area contributed by atoms with Gasteiger partial charge in [-0.1, -0.05) is 18.2 Å². The maximum Gasteiger partial charge on any atom is 0.372 e. The summed E-state index contributed by atoms with van der Waals surface area (Å²) in [5.74, 6) is -0.736. The van der Waals surface area contributed by atoms with Crippen LogP contribution in [0.3, 0.4) is 0 Å². The molecule has 0 spiro atoms. The first kappa shape index (κ1) is 19.2. The van der Waals surface area contributed by atoms with Crippen molar-refractivity contribution in [1.82, 2.24) is 0 Å². The van der Waals surface area contributed by atoms with Crippen LogP contribution in [0.25, 0.3) is 0 Å². The summed E-state index contributed by atoms with van der Waals surface area (Å²) in [6, 6.07) is 12.2. The molecule has 1 rings (SSSR count). The lowest BCUT2D eigenvalue weighted by Crippen LogP contribution is -2.17. The molecule has 0 aliphatic rings. The van der Waals surface area contributed by atoms with Crippen LogP contribution in [0.5, 0.6) is 0 Å². The summed E-state index contributed by atoms with van der Waals surface area (Å²) in [6.45, 7) is 6.57. The maximum atomic E-state index is 10.5. The molecule has 0 heterocycles. The third-order valence-corrected chi connectivity index (χ3v) is 2.19. The van der Waals surface area contributed by atoms with Gasteiger partial charge in [-0.05, 0) is 39.8 Å². The van der Waals surface area contributed by atoms with Crippen LogP contribution in [-0.4, -0.2) is 22.3 Å². The van der Waals surface area contributed by atoms with E-state index in [1.54, 1.807) is 58.0 Å². The predicted molar refractivity (Wildman–Crippen MR) is 78.7 cm³/mol. The quantitative estimate of drug-likeness (QED) is 0.521. The van der Waals surface area contributed by atoms with Gasteiger partial charge in [-0.15, -0.1) is 0 Å². The number of azo groups is 1. The van der Waals surface area contributed by atoms with Gasteiger partial charge in [-0.2, -0.15) is 26.0 Å². The molecule has 0 atom stereocenters. The predicted octanol–water partition coefficient (Wildman–Crippen LogP) is 3.36. The van der Waals surface area contributed by atoms with Crippen molar-refractivity contribution in [3.8, 4) is 12.1 Å². The van der Waals surface area contributed by atoms with Crippen LogP contribution in [-0.2, 0) is 4.89 Å². The van der Waals surface area contributed by atoms with Crippen molar-refractivity contribution < 1.29 is 14.9 Å². The topological polar surface area (TPSA) is 119 Å². The summed E-state index contributed by atoms with van der Waals surface area (Å²) in [4.78, 5) is 14.0. The van der Waals surface area contributed by atoms with Gasteiger partial charge in [0, 0.05) is 0 Å². The summed E-state index contributed by atoms with van der Waals surface area (Å²) >= 11 is 0. The third kappa shape index (κ3) is 7.73. The van der Waals surface area contributed by atoms with Gasteiger partial charge in [-0.25, -0.2) is 4.79 Å². The van der Waals surface area contributed by atoms with Gasteiger partial charge in [0.1, 0.15) is 0 Å². The van der Waals surface area contributed by atoms with Gasteiger partial charge in [0.15, 0.2) is 11.1 Å². The van der Waals surface area contributed by atoms with Crippen LogP contribution in [0.15, 0.2) is 40.6 Å². The molecule has 1 aromatic carbocycles. The molecule has 116 valence electrons. The smallest absolute Gasteiger partial charge is 0.296 e. The van der Waals surface area contributed by atoms with Crippen molar-refractivity contribution in [2.45, 2.75) is 38.8 Å². The fourth-order valence-electron chi connectivity index (χ4n) is 0.922. The normalized spacial score (nSPS) is 10.9. The number of rotatable bonds is 3. The zero-order valence-corrected chi connectivity index (χ0v) is 12.9. The van der Waals surface area contributed by atoms with Crippen molar-refractivity contribution in [1.29, 1.82) is 10.5 Å². The van der Waals surface area contributed by atoms with Gasteiger partial charge in [0.2, 0.25) is 0 Å². The zero-order valence-electron chi connectivity index (χ0n) is 12.9. The minimum absolute atomic E-state index is 0.338. The summed E-state index contributed by atoms with van der Waals surface area (Å²) in [5, 5.41) is 32.6. The van der Waals surface area contributed by atoms with E-state index in [0.717, 1.165) is 0 Å². The van der Waals surface area contributed by atoms with Gasteiger partial charge >= 0.3 is 5.97 Å². The molecular weight excluding hydrogens is 284 g/mol. The molecule has 0 unspecified atom stereocenters. The number of nitrogens with zero attached hydrogens (tertiary/aromatic N) is 4. The molecule has 1 N–H and O–H groups in total. The Hall–Kier alpha value is -2.77. The van der Waals surface area contributed by atoms with E-state index in [4.69, 9.17) is 15.8 Å². The molecule has 0 saturated heterocycles. The van der Waals surface area contributed by atoms with Crippen molar-refractivity contribution in [3.05, 3.63) is 35.9 Å². The van der Waals surface area contributed by atoms with Crippen molar-refractivity contribution in [2.24, 2.45) is 10.2 Å². The second kappa shape index (κ2) is 8.50. The maximum absolute atomic E-state index is 10.5. The van der Waals surface area contributed by atoms with Crippen LogP contribution < -0.4 is 0 Å². The van der Waals surface area contributed by atoms with Crippen molar-refractivity contribution in [3.63, 3.8) is 0 Å². The van der Waals surface area contributed by atoms with Gasteiger partial charge in [0.05, 0.1) is 17.7 Å². The van der Waals surface area contributed by atoms with Gasteiger partial charge < -0.3 is 0 Å². The first-order valence-corrected chi connectivity index (χ1v) is 6.35. The number of carbonyl (C=O) groups excluding carboxylic acids is 1. The van der Waals surface area contributed by atoms with Crippen LogP contribution in [0.4, 0.5) is 0 Å². The number of hydrogen-bond acceptors (Lipinski definition) is 7. The van der Waals surface area contributed by atoms with Crippen LogP contribution in [0.1, 0.15) is 38.1 Å². The molecule has 7 heteroatoms. The number of carbonyl (C=O) groups is 1. The number of benzene rings is 1. The zero-order chi connectivity index (χ0) is 17.2. The van der Waals surface area contributed by atoms with Crippen LogP contribution in [0.2, 0.25) is 0 Å². The minimum Gasteiger partial charge on any atom is -0.296 e. The largest absolute Gasteiger partial charge is 0.372 e. The average molecular weight is 302 g/mol. The van der Waals surface area contributed by atoms with Gasteiger partial charge in [-0.3, -0.25) is 4.89 Å². The lowest BCUT2D eigenvalue weighted by Gasteiger charge is -2.11. The molecule has 22 heavy (non-hydrogen) atoms. The molecule has 0 aromatic heterocycles. The SMILES string of the molecule is CC(C)(C#N)/N=N/C(C)(C)C#N.O=C(OO)c1ccccc1. The Kier molecular flexibility index (Phi) is 7.43. The lowest BCUT2D eigenvalue weighted by molar-refractivity contribution is -0.182. The summed E-state index contributed by atoms with van der Waals surface area (Å²) < 4.78 is 0. The summed E-state index contributed by atoms with van der Waals surface area (Å²) in [5.41, 5.74) is -1.34. The first-order valence-electron chi connectivity index (χ1n) is 6.35. The molecule has 0 fully saturated rings. The fraction of sp³-hybridized carbons (Fsp3) is 0.400. The van der Waals surface area contributed by atoms with E-state index >= 15 is 0 Å². The van der Waals surface area contributed by atoms with E-state index in [-0.39, 0.29) is 0 Å². The highest BCUT2D eigenvalue weighted by Gasteiger charge is 2.19. The highest BCUT2D eigenvalue weighted by molar-refractivity contribution is 5.88. The highest BCUT2D eigenvalue weighted by Crippen LogP contribution is 2.13. The molecule has 0 aliphatic heterocycles. The molecular formula is C15H18N4O3. The van der Waals surface area contributed by atoms with E-state index in [2.05, 4.69) is 15.1 Å². The Morgan fingerprint density at radius 1 is 1.05 bits per heavy atom. The van der Waals surface area contributed by atoms with Crippen molar-refractivity contribution >= 4 is 5.97 Å². The molecule has 7 nitrogen and oxygen atoms in total. The number of nitriles is 2. The van der Waals surface area contributed by atoms with Crippen LogP contribution in [0, 0.1) is 22.7 Å². The second-order valence-corrected chi connectivity index (χ2v) is 5.29. The standard InChI is InChI=1S/C8H12N4.C7H6O3/c1-7(2,5-9)11-12-8(3,4)6-10;8-7(10-9)6-4-2-1-3-5-6/h1-4H3;1-5,9H/b12-11+;. The van der Waals surface area contributed by atoms with E-state index in [1.807, 2.05) is 12.1 Å². The lowest BCUT2D eigenvalue weighted by atomic mass is 10.1. The van der Waals surface area contributed by atoms with E-state index in [0.29, 0.717) is 5.56 Å². The van der Waals surface area contributed by atoms with Gasteiger partial charge in [0.25, 0.3) is 0 Å². The highest BCUT2D eigenvalue weighted by atomic mass is 17.1. The summed E-state index contributed by atoms with van der Waals surface area (Å²) in [7, 11) is 0. The molecule has 0 amide bonds. The Morgan fingerprint density at radius 2 is 1.45 bits per heavy atom. The van der Waals surface area contributed by atoms with E-state index in [1.165, 1.54) is 0 Å². The third-order valence-electron chi connectivity index (χ3n) is 2.19. The monoisotopic (exact) mass is 302 g/mol. The summed E-state index contributed by atoms with van der Waals surface area (Å²) in [6.07, 6.45) is 0. The van der Waals surface area contributed by atoms with Crippen LogP contribution >= 0.6 is 0 Å². The van der Waals surface area contributed by atoms with Crippen molar-refractivity contribution in [2.75, 3.05) is 0 Å². The Bertz CT molecular complexity index is 567. The first-order chi connectivity index (χ1) is 10.2. The number of hydrogen-bond donors (Lipinski definition) is 1. The molecule has 1 aromatic rings. The molecule has 0 radical (unpaired) electrons. The molecule has 0 bridgehead atoms. The molecule has 0 aliphatic carbocycles. The average Bonchev–Trinajstić information content (AvgIpc) is 2.54. The van der Waals surface area contributed by atoms with E-state index < -0.39 is 17.0 Å². The Balaban J connectivity index is 0.000000406. The molecule has 0 saturated carbocycles. The fourth-order valence-corrected chi connectivity index (χ4v) is 0.922. The second-order valence-electron chi connectivity index (χ2n) is 5.29. The minimum atomic E-state index is -0.839. The Labute approximate surface area is 129 Å².